The van der Waals surface area contributed by atoms with E-state index in [1.807, 2.05) is 85.9 Å². The van der Waals surface area contributed by atoms with Gasteiger partial charge in [0.1, 0.15) is 5.75 Å². The van der Waals surface area contributed by atoms with Gasteiger partial charge in [0.05, 0.1) is 12.8 Å². The molecule has 0 spiro atoms. The summed E-state index contributed by atoms with van der Waals surface area (Å²) in [7, 11) is 5.50. The monoisotopic (exact) mass is 393 g/mol. The van der Waals surface area contributed by atoms with Crippen molar-refractivity contribution < 1.29 is 9.53 Å². The van der Waals surface area contributed by atoms with Crippen molar-refractivity contribution in [2.75, 3.05) is 39.2 Å². The van der Waals surface area contributed by atoms with Crippen LogP contribution in [-0.4, -0.2) is 59.9 Å². The lowest BCUT2D eigenvalue weighted by Gasteiger charge is -2.19. The Labute approximate surface area is 171 Å². The van der Waals surface area contributed by atoms with E-state index in [0.29, 0.717) is 30.4 Å². The van der Waals surface area contributed by atoms with Gasteiger partial charge in [-0.1, -0.05) is 18.2 Å². The molecular formula is C22H27N5O2. The van der Waals surface area contributed by atoms with E-state index in [9.17, 15) is 4.79 Å². The number of carbonyl (C=O) groups is 1. The van der Waals surface area contributed by atoms with Gasteiger partial charge in [-0.2, -0.15) is 0 Å². The predicted octanol–water partition coefficient (Wildman–Crippen LogP) is 3.49. The summed E-state index contributed by atoms with van der Waals surface area (Å²) in [6.07, 6.45) is 0. The molecule has 0 aliphatic heterocycles. The highest BCUT2D eigenvalue weighted by molar-refractivity contribution is 5.94. The molecule has 3 aromatic rings. The first-order chi connectivity index (χ1) is 14.0. The van der Waals surface area contributed by atoms with Gasteiger partial charge in [0.25, 0.3) is 5.91 Å². The number of hydrogen-bond acceptors (Lipinski definition) is 5. The smallest absolute Gasteiger partial charge is 0.253 e. The largest absolute Gasteiger partial charge is 0.497 e. The number of nitrogens with zero attached hydrogens (tertiary/aromatic N) is 5. The second-order valence-electron chi connectivity index (χ2n) is 6.81. The van der Waals surface area contributed by atoms with Crippen LogP contribution in [0.3, 0.4) is 0 Å². The Hall–Kier alpha value is -3.35. The molecule has 0 saturated heterocycles. The Morgan fingerprint density at radius 2 is 1.72 bits per heavy atom. The number of aromatic nitrogens is 3. The van der Waals surface area contributed by atoms with Gasteiger partial charge in [0.15, 0.2) is 5.82 Å². The molecule has 0 bridgehead atoms. The van der Waals surface area contributed by atoms with Gasteiger partial charge in [0, 0.05) is 44.4 Å². The second-order valence-corrected chi connectivity index (χ2v) is 6.81. The molecule has 29 heavy (non-hydrogen) atoms. The Morgan fingerprint density at radius 3 is 2.31 bits per heavy atom. The van der Waals surface area contributed by atoms with Gasteiger partial charge in [-0.3, -0.25) is 9.36 Å². The van der Waals surface area contributed by atoms with Crippen molar-refractivity contribution in [3.8, 4) is 22.8 Å². The van der Waals surface area contributed by atoms with Crippen LogP contribution in [0, 0.1) is 0 Å². The highest BCUT2D eigenvalue weighted by atomic mass is 16.5. The molecule has 0 atom stereocenters. The summed E-state index contributed by atoms with van der Waals surface area (Å²) in [6.45, 7) is 5.34. The van der Waals surface area contributed by atoms with Crippen molar-refractivity contribution in [3.05, 3.63) is 54.1 Å². The van der Waals surface area contributed by atoms with E-state index >= 15 is 0 Å². The van der Waals surface area contributed by atoms with E-state index in [2.05, 4.69) is 10.2 Å². The molecule has 0 aliphatic carbocycles. The lowest BCUT2D eigenvalue weighted by molar-refractivity contribution is 0.0773. The topological polar surface area (TPSA) is 63.5 Å². The van der Waals surface area contributed by atoms with Crippen molar-refractivity contribution in [1.82, 2.24) is 19.7 Å². The summed E-state index contributed by atoms with van der Waals surface area (Å²) >= 11 is 0. The molecule has 2 aromatic carbocycles. The lowest BCUT2D eigenvalue weighted by Crippen LogP contribution is -2.30. The number of anilines is 1. The summed E-state index contributed by atoms with van der Waals surface area (Å²) in [6, 6.07) is 15.3. The molecule has 7 nitrogen and oxygen atoms in total. The first-order valence-corrected chi connectivity index (χ1v) is 9.67. The predicted molar refractivity (Wildman–Crippen MR) is 115 cm³/mol. The van der Waals surface area contributed by atoms with Crippen LogP contribution in [0.5, 0.6) is 5.75 Å². The molecule has 1 aromatic heterocycles. The molecule has 1 heterocycles. The van der Waals surface area contributed by atoms with Crippen molar-refractivity contribution in [2.24, 2.45) is 0 Å². The summed E-state index contributed by atoms with van der Waals surface area (Å²) in [5.74, 6) is 2.19. The van der Waals surface area contributed by atoms with Gasteiger partial charge < -0.3 is 14.5 Å². The maximum absolute atomic E-state index is 12.6. The Balaban J connectivity index is 2.04. The molecule has 0 unspecified atom stereocenters. The van der Waals surface area contributed by atoms with E-state index < -0.39 is 0 Å². The zero-order valence-electron chi connectivity index (χ0n) is 17.6. The molecule has 0 radical (unpaired) electrons. The number of amides is 1. The van der Waals surface area contributed by atoms with E-state index in [1.165, 1.54) is 0 Å². The van der Waals surface area contributed by atoms with Gasteiger partial charge in [-0.05, 0) is 38.1 Å². The van der Waals surface area contributed by atoms with Gasteiger partial charge in [0.2, 0.25) is 5.95 Å². The third kappa shape index (κ3) is 4.08. The lowest BCUT2D eigenvalue weighted by atomic mass is 10.1. The summed E-state index contributed by atoms with van der Waals surface area (Å²) in [4.78, 5) is 16.3. The minimum Gasteiger partial charge on any atom is -0.497 e. The second kappa shape index (κ2) is 8.77. The number of benzene rings is 2. The molecule has 0 N–H and O–H groups in total. The highest BCUT2D eigenvalue weighted by Crippen LogP contribution is 2.28. The number of ether oxygens (including phenoxy) is 1. The molecule has 7 heteroatoms. The van der Waals surface area contributed by atoms with Crippen LogP contribution in [0.25, 0.3) is 17.1 Å². The Bertz CT molecular complexity index is 975. The summed E-state index contributed by atoms with van der Waals surface area (Å²) < 4.78 is 7.35. The first-order valence-electron chi connectivity index (χ1n) is 9.67. The van der Waals surface area contributed by atoms with E-state index in [1.54, 1.807) is 12.0 Å². The SMILES string of the molecule is CCN(CC)C(=O)c1ccc(-c2nnc(N(C)C)n2-c2cccc(OC)c2)cc1. The molecule has 1 amide bonds. The van der Waals surface area contributed by atoms with Crippen LogP contribution in [0.2, 0.25) is 0 Å². The minimum atomic E-state index is 0.0322. The fourth-order valence-electron chi connectivity index (χ4n) is 3.20. The average molecular weight is 393 g/mol. The zero-order chi connectivity index (χ0) is 21.0. The van der Waals surface area contributed by atoms with E-state index in [4.69, 9.17) is 4.74 Å². The van der Waals surface area contributed by atoms with Gasteiger partial charge in [-0.25, -0.2) is 0 Å². The number of hydrogen-bond donors (Lipinski definition) is 0. The normalized spacial score (nSPS) is 10.7. The molecule has 152 valence electrons. The molecule has 3 rings (SSSR count). The summed E-state index contributed by atoms with van der Waals surface area (Å²) in [5.41, 5.74) is 2.44. The van der Waals surface area contributed by atoms with Crippen molar-refractivity contribution >= 4 is 11.9 Å². The Morgan fingerprint density at radius 1 is 1.03 bits per heavy atom. The molecule has 0 saturated carbocycles. The number of methoxy groups -OCH3 is 1. The first kappa shape index (κ1) is 20.4. The van der Waals surface area contributed by atoms with E-state index in [0.717, 1.165) is 17.0 Å². The minimum absolute atomic E-state index is 0.0322. The van der Waals surface area contributed by atoms with E-state index in [-0.39, 0.29) is 5.91 Å². The van der Waals surface area contributed by atoms with Crippen LogP contribution < -0.4 is 9.64 Å². The van der Waals surface area contributed by atoms with Crippen LogP contribution in [0.4, 0.5) is 5.95 Å². The fourth-order valence-corrected chi connectivity index (χ4v) is 3.20. The maximum Gasteiger partial charge on any atom is 0.253 e. The maximum atomic E-state index is 12.6. The standard InChI is InChI=1S/C22H27N5O2/c1-6-26(7-2)21(28)17-13-11-16(12-14-17)20-23-24-22(25(3)4)27(20)18-9-8-10-19(15-18)29-5/h8-15H,6-7H2,1-5H3. The summed E-state index contributed by atoms with van der Waals surface area (Å²) in [5, 5.41) is 8.78. The van der Waals surface area contributed by atoms with Gasteiger partial charge >= 0.3 is 0 Å². The highest BCUT2D eigenvalue weighted by Gasteiger charge is 2.18. The Kier molecular flexibility index (Phi) is 6.16. The third-order valence-corrected chi connectivity index (χ3v) is 4.80. The van der Waals surface area contributed by atoms with Crippen LogP contribution in [0.15, 0.2) is 48.5 Å². The fraction of sp³-hybridized carbons (Fsp3) is 0.318. The number of carbonyl (C=O) groups excluding carboxylic acids is 1. The average Bonchev–Trinajstić information content (AvgIpc) is 3.20. The molecule has 0 fully saturated rings. The molecule has 0 aliphatic rings. The van der Waals surface area contributed by atoms with Gasteiger partial charge in [-0.15, -0.1) is 10.2 Å². The van der Waals surface area contributed by atoms with Crippen LogP contribution >= 0.6 is 0 Å². The van der Waals surface area contributed by atoms with Crippen molar-refractivity contribution in [1.29, 1.82) is 0 Å². The number of rotatable bonds is 7. The van der Waals surface area contributed by atoms with Crippen molar-refractivity contribution in [2.45, 2.75) is 13.8 Å². The molecular weight excluding hydrogens is 366 g/mol. The third-order valence-electron chi connectivity index (χ3n) is 4.80. The quantitative estimate of drug-likeness (QED) is 0.615. The van der Waals surface area contributed by atoms with Crippen LogP contribution in [0.1, 0.15) is 24.2 Å². The zero-order valence-corrected chi connectivity index (χ0v) is 17.6. The van der Waals surface area contributed by atoms with Crippen molar-refractivity contribution in [3.63, 3.8) is 0 Å². The van der Waals surface area contributed by atoms with Crippen LogP contribution in [-0.2, 0) is 0 Å².